The molecular weight excluding hydrogens is 268 g/mol. The summed E-state index contributed by atoms with van der Waals surface area (Å²) in [4.78, 5) is 11.5. The Hall–Kier alpha value is -2.56. The molecule has 0 aliphatic carbocycles. The molecular formula is C16H18N2O3. The van der Waals surface area contributed by atoms with Gasteiger partial charge in [-0.05, 0) is 36.2 Å². The van der Waals surface area contributed by atoms with Crippen molar-refractivity contribution < 1.29 is 14.6 Å². The quantitative estimate of drug-likeness (QED) is 0.446. The number of aromatic hydroxyl groups is 1. The van der Waals surface area contributed by atoms with Gasteiger partial charge in [0, 0.05) is 17.5 Å². The van der Waals surface area contributed by atoms with Crippen LogP contribution in [-0.2, 0) is 16.0 Å². The predicted octanol–water partition coefficient (Wildman–Crippen LogP) is 2.33. The van der Waals surface area contributed by atoms with E-state index in [-0.39, 0.29) is 24.0 Å². The number of amidine groups is 1. The minimum Gasteiger partial charge on any atom is -0.508 e. The summed E-state index contributed by atoms with van der Waals surface area (Å²) in [6.45, 7) is 2.11. The maximum Gasteiger partial charge on any atom is 0.306 e. The molecule has 2 rings (SSSR count). The van der Waals surface area contributed by atoms with E-state index >= 15 is 0 Å². The van der Waals surface area contributed by atoms with Crippen molar-refractivity contribution in [3.8, 4) is 5.75 Å². The van der Waals surface area contributed by atoms with Gasteiger partial charge in [-0.1, -0.05) is 18.2 Å². The molecule has 0 heterocycles. The predicted molar refractivity (Wildman–Crippen MR) is 81.6 cm³/mol. The number of nitrogen functional groups attached to an aromatic ring is 1. The van der Waals surface area contributed by atoms with Gasteiger partial charge in [-0.2, -0.15) is 0 Å². The molecule has 110 valence electrons. The average molecular weight is 286 g/mol. The van der Waals surface area contributed by atoms with Crippen LogP contribution in [-0.4, -0.2) is 23.5 Å². The number of fused-ring (bicyclic) bond motifs is 1. The number of rotatable bonds is 5. The average Bonchev–Trinajstić information content (AvgIpc) is 2.46. The van der Waals surface area contributed by atoms with Gasteiger partial charge in [0.2, 0.25) is 0 Å². The van der Waals surface area contributed by atoms with Crippen molar-refractivity contribution in [2.45, 2.75) is 19.8 Å². The Labute approximate surface area is 122 Å². The Morgan fingerprint density at radius 1 is 1.33 bits per heavy atom. The third-order valence-electron chi connectivity index (χ3n) is 3.30. The molecule has 0 aliphatic rings. The number of esters is 1. The van der Waals surface area contributed by atoms with Crippen LogP contribution < -0.4 is 5.73 Å². The molecule has 0 amide bonds. The van der Waals surface area contributed by atoms with Crippen LogP contribution in [0.25, 0.3) is 10.8 Å². The van der Waals surface area contributed by atoms with Gasteiger partial charge in [-0.3, -0.25) is 10.2 Å². The molecule has 0 radical (unpaired) electrons. The number of carbonyl (C=O) groups is 1. The first-order chi connectivity index (χ1) is 10.0. The molecule has 0 unspecified atom stereocenters. The summed E-state index contributed by atoms with van der Waals surface area (Å²) in [5.41, 5.74) is 6.81. The van der Waals surface area contributed by atoms with Crippen LogP contribution in [0, 0.1) is 5.41 Å². The van der Waals surface area contributed by atoms with Crippen LogP contribution in [0.4, 0.5) is 0 Å². The van der Waals surface area contributed by atoms with E-state index in [1.807, 2.05) is 6.07 Å². The molecule has 4 N–H and O–H groups in total. The van der Waals surface area contributed by atoms with Gasteiger partial charge in [0.15, 0.2) is 0 Å². The van der Waals surface area contributed by atoms with Crippen LogP contribution in [0.3, 0.4) is 0 Å². The first kappa shape index (κ1) is 14.8. The van der Waals surface area contributed by atoms with Crippen LogP contribution in [0.5, 0.6) is 5.75 Å². The van der Waals surface area contributed by atoms with Crippen molar-refractivity contribution in [3.63, 3.8) is 0 Å². The molecule has 0 saturated carbocycles. The smallest absolute Gasteiger partial charge is 0.306 e. The number of hydrogen-bond donors (Lipinski definition) is 3. The number of nitrogens with two attached hydrogens (primary N) is 1. The first-order valence-electron chi connectivity index (χ1n) is 6.77. The van der Waals surface area contributed by atoms with Crippen LogP contribution in [0.2, 0.25) is 0 Å². The summed E-state index contributed by atoms with van der Waals surface area (Å²) in [5, 5.41) is 19.2. The summed E-state index contributed by atoms with van der Waals surface area (Å²) < 4.78 is 4.90. The lowest BCUT2D eigenvalue weighted by Gasteiger charge is -2.10. The standard InChI is InChI=1S/C16H18N2O3/c1-2-21-15(20)8-6-13-12-5-3-11(16(17)18)9-10(12)4-7-14(13)19/h3-5,7,9,19H,2,6,8H2,1H3,(H3,17,18). The zero-order valence-electron chi connectivity index (χ0n) is 11.8. The third-order valence-corrected chi connectivity index (χ3v) is 3.30. The SMILES string of the molecule is CCOC(=O)CCc1c(O)ccc2cc(C(=N)N)ccc12. The molecule has 0 spiro atoms. The van der Waals surface area contributed by atoms with Gasteiger partial charge < -0.3 is 15.6 Å². The molecule has 0 fully saturated rings. The molecule has 21 heavy (non-hydrogen) atoms. The number of ether oxygens (including phenoxy) is 1. The summed E-state index contributed by atoms with van der Waals surface area (Å²) >= 11 is 0. The number of phenolic OH excluding ortho intramolecular Hbond substituents is 1. The molecule has 5 nitrogen and oxygen atoms in total. The van der Waals surface area contributed by atoms with Gasteiger partial charge in [-0.15, -0.1) is 0 Å². The lowest BCUT2D eigenvalue weighted by Crippen LogP contribution is -2.10. The van der Waals surface area contributed by atoms with Gasteiger partial charge >= 0.3 is 5.97 Å². The molecule has 0 saturated heterocycles. The number of aryl methyl sites for hydroxylation is 1. The number of phenols is 1. The van der Waals surface area contributed by atoms with Crippen molar-refractivity contribution in [1.82, 2.24) is 0 Å². The van der Waals surface area contributed by atoms with Crippen molar-refractivity contribution in [2.75, 3.05) is 6.61 Å². The van der Waals surface area contributed by atoms with E-state index < -0.39 is 0 Å². The van der Waals surface area contributed by atoms with Crippen molar-refractivity contribution in [2.24, 2.45) is 5.73 Å². The molecule has 2 aromatic rings. The van der Waals surface area contributed by atoms with Gasteiger partial charge in [0.1, 0.15) is 11.6 Å². The largest absolute Gasteiger partial charge is 0.508 e. The van der Waals surface area contributed by atoms with E-state index in [0.717, 1.165) is 10.8 Å². The molecule has 0 aliphatic heterocycles. The Balaban J connectivity index is 2.35. The maximum atomic E-state index is 11.5. The highest BCUT2D eigenvalue weighted by Gasteiger charge is 2.11. The van der Waals surface area contributed by atoms with Gasteiger partial charge in [0.05, 0.1) is 6.61 Å². The van der Waals surface area contributed by atoms with Crippen LogP contribution >= 0.6 is 0 Å². The zero-order valence-corrected chi connectivity index (χ0v) is 11.8. The Morgan fingerprint density at radius 2 is 2.10 bits per heavy atom. The maximum absolute atomic E-state index is 11.5. The normalized spacial score (nSPS) is 10.5. The molecule has 0 atom stereocenters. The monoisotopic (exact) mass is 286 g/mol. The van der Waals surface area contributed by atoms with Crippen LogP contribution in [0.15, 0.2) is 30.3 Å². The third kappa shape index (κ3) is 3.31. The Morgan fingerprint density at radius 3 is 2.76 bits per heavy atom. The number of hydrogen-bond acceptors (Lipinski definition) is 4. The summed E-state index contributed by atoms with van der Waals surface area (Å²) in [6, 6.07) is 8.70. The highest BCUT2D eigenvalue weighted by molar-refractivity contribution is 6.00. The summed E-state index contributed by atoms with van der Waals surface area (Å²) in [5.74, 6) is -0.130. The fourth-order valence-electron chi connectivity index (χ4n) is 2.27. The van der Waals surface area contributed by atoms with E-state index in [0.29, 0.717) is 24.2 Å². The van der Waals surface area contributed by atoms with E-state index in [9.17, 15) is 9.90 Å². The second kappa shape index (κ2) is 6.26. The fraction of sp³-hybridized carbons (Fsp3) is 0.250. The number of nitrogens with one attached hydrogen (secondary N) is 1. The highest BCUT2D eigenvalue weighted by atomic mass is 16.5. The van der Waals surface area contributed by atoms with Crippen molar-refractivity contribution >= 4 is 22.6 Å². The lowest BCUT2D eigenvalue weighted by molar-refractivity contribution is -0.143. The second-order valence-corrected chi connectivity index (χ2v) is 4.72. The minimum absolute atomic E-state index is 0.00181. The topological polar surface area (TPSA) is 96.4 Å². The van der Waals surface area contributed by atoms with Crippen LogP contribution in [0.1, 0.15) is 24.5 Å². The summed E-state index contributed by atoms with van der Waals surface area (Å²) in [7, 11) is 0. The van der Waals surface area contributed by atoms with E-state index in [1.54, 1.807) is 31.2 Å². The van der Waals surface area contributed by atoms with Crippen molar-refractivity contribution in [3.05, 3.63) is 41.5 Å². The molecule has 0 bridgehead atoms. The second-order valence-electron chi connectivity index (χ2n) is 4.72. The van der Waals surface area contributed by atoms with E-state index in [2.05, 4.69) is 0 Å². The van der Waals surface area contributed by atoms with E-state index in [1.165, 1.54) is 0 Å². The first-order valence-corrected chi connectivity index (χ1v) is 6.77. The highest BCUT2D eigenvalue weighted by Crippen LogP contribution is 2.29. The molecule has 2 aromatic carbocycles. The Kier molecular flexibility index (Phi) is 4.42. The zero-order chi connectivity index (χ0) is 15.4. The Bertz CT molecular complexity index is 695. The van der Waals surface area contributed by atoms with E-state index in [4.69, 9.17) is 15.9 Å². The van der Waals surface area contributed by atoms with Crippen molar-refractivity contribution in [1.29, 1.82) is 5.41 Å². The molecule has 0 aromatic heterocycles. The van der Waals surface area contributed by atoms with Gasteiger partial charge in [0.25, 0.3) is 0 Å². The molecule has 5 heteroatoms. The number of benzene rings is 2. The fourth-order valence-corrected chi connectivity index (χ4v) is 2.27. The number of carbonyl (C=O) groups excluding carboxylic acids is 1. The summed E-state index contributed by atoms with van der Waals surface area (Å²) in [6.07, 6.45) is 0.621. The minimum atomic E-state index is -0.283. The van der Waals surface area contributed by atoms with Gasteiger partial charge in [-0.25, -0.2) is 0 Å². The lowest BCUT2D eigenvalue weighted by atomic mass is 9.98.